The molecule has 1 aromatic carbocycles. The van der Waals surface area contributed by atoms with Crippen LogP contribution in [0.3, 0.4) is 0 Å². The van der Waals surface area contributed by atoms with Crippen LogP contribution in [-0.2, 0) is 6.42 Å². The SMILES string of the molecule is Cc1ccc(C(=O)NC(c2ccc3c(c2)CCO3)C2CC(O)C2)cn1. The molecule has 0 spiro atoms. The predicted molar refractivity (Wildman–Crippen MR) is 93.6 cm³/mol. The molecule has 25 heavy (non-hydrogen) atoms. The number of carbonyl (C=O) groups is 1. The summed E-state index contributed by atoms with van der Waals surface area (Å²) >= 11 is 0. The van der Waals surface area contributed by atoms with Gasteiger partial charge in [-0.15, -0.1) is 0 Å². The summed E-state index contributed by atoms with van der Waals surface area (Å²) in [4.78, 5) is 16.9. The summed E-state index contributed by atoms with van der Waals surface area (Å²) < 4.78 is 5.58. The maximum absolute atomic E-state index is 12.7. The Labute approximate surface area is 147 Å². The van der Waals surface area contributed by atoms with Gasteiger partial charge in [0.15, 0.2) is 0 Å². The summed E-state index contributed by atoms with van der Waals surface area (Å²) in [7, 11) is 0. The average Bonchev–Trinajstić information content (AvgIpc) is 3.05. The number of carbonyl (C=O) groups excluding carboxylic acids is 1. The van der Waals surface area contributed by atoms with Crippen molar-refractivity contribution in [2.45, 2.75) is 38.3 Å². The summed E-state index contributed by atoms with van der Waals surface area (Å²) in [5, 5.41) is 12.9. The highest BCUT2D eigenvalue weighted by molar-refractivity contribution is 5.94. The molecule has 5 nitrogen and oxygen atoms in total. The fraction of sp³-hybridized carbons (Fsp3) is 0.400. The van der Waals surface area contributed by atoms with Crippen molar-refractivity contribution in [2.75, 3.05) is 6.61 Å². The van der Waals surface area contributed by atoms with Gasteiger partial charge >= 0.3 is 0 Å². The van der Waals surface area contributed by atoms with Crippen molar-refractivity contribution in [2.24, 2.45) is 5.92 Å². The zero-order chi connectivity index (χ0) is 17.4. The number of hydrogen-bond donors (Lipinski definition) is 2. The van der Waals surface area contributed by atoms with Crippen LogP contribution in [0, 0.1) is 12.8 Å². The fourth-order valence-corrected chi connectivity index (χ4v) is 3.60. The van der Waals surface area contributed by atoms with Gasteiger partial charge in [-0.05, 0) is 61.1 Å². The van der Waals surface area contributed by atoms with E-state index in [1.165, 1.54) is 5.56 Å². The van der Waals surface area contributed by atoms with Gasteiger partial charge in [0.2, 0.25) is 0 Å². The molecule has 1 aliphatic carbocycles. The van der Waals surface area contributed by atoms with Crippen LogP contribution in [0.1, 0.15) is 46.1 Å². The Morgan fingerprint density at radius 2 is 2.16 bits per heavy atom. The van der Waals surface area contributed by atoms with Crippen molar-refractivity contribution in [1.29, 1.82) is 0 Å². The third-order valence-corrected chi connectivity index (χ3v) is 5.15. The Balaban J connectivity index is 1.58. The second-order valence-electron chi connectivity index (χ2n) is 6.99. The molecule has 0 radical (unpaired) electrons. The number of nitrogens with zero attached hydrogens (tertiary/aromatic N) is 1. The Morgan fingerprint density at radius 1 is 1.32 bits per heavy atom. The number of ether oxygens (including phenoxy) is 1. The van der Waals surface area contributed by atoms with Crippen LogP contribution in [0.2, 0.25) is 0 Å². The van der Waals surface area contributed by atoms with E-state index in [1.807, 2.05) is 25.1 Å². The molecule has 0 saturated heterocycles. The molecule has 1 saturated carbocycles. The van der Waals surface area contributed by atoms with Crippen LogP contribution >= 0.6 is 0 Å². The highest BCUT2D eigenvalue weighted by Crippen LogP contribution is 2.39. The van der Waals surface area contributed by atoms with Gasteiger partial charge in [0.1, 0.15) is 5.75 Å². The molecule has 1 aromatic heterocycles. The molecule has 1 unspecified atom stereocenters. The smallest absolute Gasteiger partial charge is 0.253 e. The number of aliphatic hydroxyl groups excluding tert-OH is 1. The van der Waals surface area contributed by atoms with Crippen molar-refractivity contribution in [1.82, 2.24) is 10.3 Å². The largest absolute Gasteiger partial charge is 0.493 e. The molecule has 2 heterocycles. The lowest BCUT2D eigenvalue weighted by molar-refractivity contribution is 0.0235. The quantitative estimate of drug-likeness (QED) is 0.899. The highest BCUT2D eigenvalue weighted by atomic mass is 16.5. The third-order valence-electron chi connectivity index (χ3n) is 5.15. The summed E-state index contributed by atoms with van der Waals surface area (Å²) in [6.07, 6.45) is 3.67. The van der Waals surface area contributed by atoms with Crippen LogP contribution in [0.25, 0.3) is 0 Å². The lowest BCUT2D eigenvalue weighted by Gasteiger charge is -2.38. The first-order valence-corrected chi connectivity index (χ1v) is 8.77. The van der Waals surface area contributed by atoms with Crippen LogP contribution in [-0.4, -0.2) is 28.7 Å². The van der Waals surface area contributed by atoms with Crippen molar-refractivity contribution in [3.63, 3.8) is 0 Å². The number of fused-ring (bicyclic) bond motifs is 1. The van der Waals surface area contributed by atoms with Crippen molar-refractivity contribution < 1.29 is 14.6 Å². The Kier molecular flexibility index (Phi) is 4.17. The predicted octanol–water partition coefficient (Wildman–Crippen LogP) is 2.57. The minimum absolute atomic E-state index is 0.108. The lowest BCUT2D eigenvalue weighted by Crippen LogP contribution is -2.41. The van der Waals surface area contributed by atoms with E-state index < -0.39 is 0 Å². The molecule has 0 bridgehead atoms. The number of nitrogens with one attached hydrogen (secondary N) is 1. The minimum Gasteiger partial charge on any atom is -0.493 e. The van der Waals surface area contributed by atoms with E-state index in [9.17, 15) is 9.90 Å². The van der Waals surface area contributed by atoms with E-state index in [0.717, 1.165) is 23.4 Å². The second kappa shape index (κ2) is 6.48. The molecule has 130 valence electrons. The topological polar surface area (TPSA) is 71.5 Å². The number of pyridine rings is 1. The summed E-state index contributed by atoms with van der Waals surface area (Å²) in [6, 6.07) is 9.66. The normalized spacial score (nSPS) is 22.5. The lowest BCUT2D eigenvalue weighted by atomic mass is 9.74. The summed E-state index contributed by atoms with van der Waals surface area (Å²) in [5.74, 6) is 1.05. The Morgan fingerprint density at radius 3 is 2.88 bits per heavy atom. The van der Waals surface area contributed by atoms with Gasteiger partial charge in [-0.2, -0.15) is 0 Å². The molecule has 2 N–H and O–H groups in total. The van der Waals surface area contributed by atoms with Crippen molar-refractivity contribution in [3.8, 4) is 5.75 Å². The summed E-state index contributed by atoms with van der Waals surface area (Å²) in [6.45, 7) is 2.61. The molecule has 2 aliphatic rings. The molecule has 1 aliphatic heterocycles. The van der Waals surface area contributed by atoms with Crippen LogP contribution in [0.15, 0.2) is 36.5 Å². The molecular formula is C20H22N2O3. The van der Waals surface area contributed by atoms with E-state index in [4.69, 9.17) is 4.74 Å². The van der Waals surface area contributed by atoms with Crippen molar-refractivity contribution in [3.05, 3.63) is 58.9 Å². The van der Waals surface area contributed by atoms with E-state index in [-0.39, 0.29) is 24.0 Å². The Hall–Kier alpha value is -2.40. The van der Waals surface area contributed by atoms with Gasteiger partial charge in [0.25, 0.3) is 5.91 Å². The van der Waals surface area contributed by atoms with Gasteiger partial charge in [-0.1, -0.05) is 6.07 Å². The van der Waals surface area contributed by atoms with Crippen LogP contribution in [0.4, 0.5) is 0 Å². The average molecular weight is 338 g/mol. The van der Waals surface area contributed by atoms with Gasteiger partial charge < -0.3 is 15.2 Å². The van der Waals surface area contributed by atoms with Crippen LogP contribution in [0.5, 0.6) is 5.75 Å². The zero-order valence-electron chi connectivity index (χ0n) is 14.2. The van der Waals surface area contributed by atoms with Gasteiger partial charge in [0.05, 0.1) is 24.3 Å². The van der Waals surface area contributed by atoms with Gasteiger partial charge in [-0.3, -0.25) is 9.78 Å². The third kappa shape index (κ3) is 3.24. The van der Waals surface area contributed by atoms with E-state index in [2.05, 4.69) is 16.4 Å². The van der Waals surface area contributed by atoms with Gasteiger partial charge in [-0.25, -0.2) is 0 Å². The van der Waals surface area contributed by atoms with Gasteiger partial charge in [0, 0.05) is 18.3 Å². The standard InChI is InChI=1S/C20H22N2O3/c1-12-2-3-15(11-21-12)20(24)22-19(16-9-17(23)10-16)14-4-5-18-13(8-14)6-7-25-18/h2-5,8,11,16-17,19,23H,6-7,9-10H2,1H3,(H,22,24). The van der Waals surface area contributed by atoms with E-state index in [1.54, 1.807) is 12.3 Å². The number of aliphatic hydroxyl groups is 1. The number of hydrogen-bond acceptors (Lipinski definition) is 4. The first-order valence-electron chi connectivity index (χ1n) is 8.77. The molecular weight excluding hydrogens is 316 g/mol. The molecule has 5 heteroatoms. The number of benzene rings is 1. The maximum atomic E-state index is 12.7. The second-order valence-corrected chi connectivity index (χ2v) is 6.99. The minimum atomic E-state index is -0.261. The van der Waals surface area contributed by atoms with Crippen molar-refractivity contribution >= 4 is 5.91 Å². The fourth-order valence-electron chi connectivity index (χ4n) is 3.60. The zero-order valence-corrected chi connectivity index (χ0v) is 14.2. The van der Waals surface area contributed by atoms with E-state index >= 15 is 0 Å². The molecule has 1 fully saturated rings. The Bertz CT molecular complexity index is 782. The molecule has 4 rings (SSSR count). The van der Waals surface area contributed by atoms with E-state index in [0.29, 0.717) is 25.0 Å². The number of amides is 1. The molecule has 2 aromatic rings. The monoisotopic (exact) mass is 338 g/mol. The molecule has 1 amide bonds. The number of aromatic nitrogens is 1. The maximum Gasteiger partial charge on any atom is 0.253 e. The number of aryl methyl sites for hydroxylation is 1. The highest BCUT2D eigenvalue weighted by Gasteiger charge is 2.36. The summed E-state index contributed by atoms with van der Waals surface area (Å²) in [5.41, 5.74) is 3.71. The molecule has 1 atom stereocenters. The first-order chi connectivity index (χ1) is 12.1. The van der Waals surface area contributed by atoms with Crippen LogP contribution < -0.4 is 10.1 Å². The first kappa shape index (κ1) is 16.1. The number of rotatable bonds is 4.